The van der Waals surface area contributed by atoms with E-state index in [4.69, 9.17) is 0 Å². The predicted octanol–water partition coefficient (Wildman–Crippen LogP) is 4.28. The largest absolute Gasteiger partial charge is 0.0988 e. The fourth-order valence-electron chi connectivity index (χ4n) is 1.42. The molecule has 0 fully saturated rings. The first-order valence-electron chi connectivity index (χ1n) is 5.07. The van der Waals surface area contributed by atoms with Crippen LogP contribution in [-0.2, 0) is 0 Å². The molecule has 0 aliphatic heterocycles. The fraction of sp³-hybridized carbons (Fsp3) is 0.286. The summed E-state index contributed by atoms with van der Waals surface area (Å²) < 4.78 is 0. The minimum atomic E-state index is 1.04. The van der Waals surface area contributed by atoms with E-state index in [1.165, 1.54) is 22.3 Å². The van der Waals surface area contributed by atoms with Crippen LogP contribution in [0.3, 0.4) is 0 Å². The zero-order chi connectivity index (χ0) is 10.6. The van der Waals surface area contributed by atoms with E-state index in [0.29, 0.717) is 0 Å². The van der Waals surface area contributed by atoms with Crippen LogP contribution < -0.4 is 0 Å². The van der Waals surface area contributed by atoms with Crippen molar-refractivity contribution < 1.29 is 0 Å². The maximum atomic E-state index is 3.81. The minimum Gasteiger partial charge on any atom is -0.0988 e. The van der Waals surface area contributed by atoms with Crippen LogP contribution in [0.1, 0.15) is 30.0 Å². The van der Waals surface area contributed by atoms with E-state index in [-0.39, 0.29) is 0 Å². The average molecular weight is 186 g/mol. The zero-order valence-electron chi connectivity index (χ0n) is 9.30. The molecule has 0 heteroatoms. The van der Waals surface area contributed by atoms with Crippen molar-refractivity contribution in [3.8, 4) is 0 Å². The van der Waals surface area contributed by atoms with Gasteiger partial charge in [0.15, 0.2) is 0 Å². The second-order valence-electron chi connectivity index (χ2n) is 3.64. The van der Waals surface area contributed by atoms with Crippen LogP contribution in [0.2, 0.25) is 0 Å². The molecule has 1 rings (SSSR count). The first-order chi connectivity index (χ1) is 6.67. The molecule has 0 radical (unpaired) electrons. The van der Waals surface area contributed by atoms with Gasteiger partial charge in [-0.2, -0.15) is 0 Å². The summed E-state index contributed by atoms with van der Waals surface area (Å²) >= 11 is 0. The van der Waals surface area contributed by atoms with Crippen molar-refractivity contribution in [3.63, 3.8) is 0 Å². The van der Waals surface area contributed by atoms with Gasteiger partial charge in [0.1, 0.15) is 0 Å². The van der Waals surface area contributed by atoms with Crippen LogP contribution in [0.25, 0.3) is 6.08 Å². The Morgan fingerprint density at radius 2 is 2.07 bits per heavy atom. The number of rotatable bonds is 3. The van der Waals surface area contributed by atoms with Crippen LogP contribution in [0.5, 0.6) is 0 Å². The van der Waals surface area contributed by atoms with Gasteiger partial charge in [-0.15, -0.1) is 0 Å². The fourth-order valence-corrected chi connectivity index (χ4v) is 1.42. The van der Waals surface area contributed by atoms with Crippen molar-refractivity contribution in [2.75, 3.05) is 0 Å². The van der Waals surface area contributed by atoms with Crippen LogP contribution in [0, 0.1) is 13.8 Å². The third kappa shape index (κ3) is 2.59. The van der Waals surface area contributed by atoms with Crippen LogP contribution in [0.15, 0.2) is 36.4 Å². The minimum absolute atomic E-state index is 1.04. The lowest BCUT2D eigenvalue weighted by atomic mass is 10.0. The van der Waals surface area contributed by atoms with Crippen molar-refractivity contribution in [1.82, 2.24) is 0 Å². The Hall–Kier alpha value is -1.30. The van der Waals surface area contributed by atoms with Gasteiger partial charge >= 0.3 is 0 Å². The molecule has 0 spiro atoms. The molecular formula is C14H18. The Kier molecular flexibility index (Phi) is 3.70. The molecule has 0 aliphatic rings. The van der Waals surface area contributed by atoms with Crippen molar-refractivity contribution in [1.29, 1.82) is 0 Å². The van der Waals surface area contributed by atoms with E-state index >= 15 is 0 Å². The van der Waals surface area contributed by atoms with Gasteiger partial charge in [0, 0.05) is 0 Å². The molecule has 0 atom stereocenters. The molecule has 0 amide bonds. The standard InChI is InChI=1S/C14H18/c1-5-13(6-2)10-14-9-11(3)7-8-12(14)4/h5,7-10H,1,6H2,2-4H3/b13-10+. The summed E-state index contributed by atoms with van der Waals surface area (Å²) in [5.41, 5.74) is 5.23. The van der Waals surface area contributed by atoms with Gasteiger partial charge in [0.05, 0.1) is 0 Å². The number of benzene rings is 1. The van der Waals surface area contributed by atoms with E-state index in [2.05, 4.69) is 51.6 Å². The maximum absolute atomic E-state index is 3.81. The quantitative estimate of drug-likeness (QED) is 0.618. The molecule has 0 unspecified atom stereocenters. The normalized spacial score (nSPS) is 11.5. The van der Waals surface area contributed by atoms with Gasteiger partial charge < -0.3 is 0 Å². The molecule has 0 saturated carbocycles. The Morgan fingerprint density at radius 1 is 1.36 bits per heavy atom. The Labute approximate surface area is 87.0 Å². The second-order valence-corrected chi connectivity index (χ2v) is 3.64. The van der Waals surface area contributed by atoms with Gasteiger partial charge in [-0.05, 0) is 37.0 Å². The molecule has 0 aliphatic carbocycles. The highest BCUT2D eigenvalue weighted by Gasteiger charge is 1.96. The third-order valence-corrected chi connectivity index (χ3v) is 2.45. The molecule has 0 bridgehead atoms. The number of hydrogen-bond acceptors (Lipinski definition) is 0. The summed E-state index contributed by atoms with van der Waals surface area (Å²) in [6.45, 7) is 10.2. The zero-order valence-corrected chi connectivity index (χ0v) is 9.30. The first-order valence-corrected chi connectivity index (χ1v) is 5.07. The molecule has 0 nitrogen and oxygen atoms in total. The van der Waals surface area contributed by atoms with Crippen molar-refractivity contribution >= 4 is 6.08 Å². The highest BCUT2D eigenvalue weighted by molar-refractivity contribution is 5.59. The summed E-state index contributed by atoms with van der Waals surface area (Å²) in [4.78, 5) is 0. The van der Waals surface area contributed by atoms with Gasteiger partial charge in [-0.1, -0.05) is 49.4 Å². The van der Waals surface area contributed by atoms with Crippen molar-refractivity contribution in [2.45, 2.75) is 27.2 Å². The Morgan fingerprint density at radius 3 is 2.64 bits per heavy atom. The molecule has 74 valence electrons. The number of hydrogen-bond donors (Lipinski definition) is 0. The third-order valence-electron chi connectivity index (χ3n) is 2.45. The SMILES string of the molecule is C=C/C(=C\c1cc(C)ccc1C)CC. The van der Waals surface area contributed by atoms with E-state index in [0.717, 1.165) is 6.42 Å². The van der Waals surface area contributed by atoms with E-state index in [1.807, 2.05) is 6.08 Å². The van der Waals surface area contributed by atoms with Gasteiger partial charge in [-0.3, -0.25) is 0 Å². The summed E-state index contributed by atoms with van der Waals surface area (Å²) in [5, 5.41) is 0. The van der Waals surface area contributed by atoms with Crippen molar-refractivity contribution in [2.24, 2.45) is 0 Å². The number of allylic oxidation sites excluding steroid dienone is 2. The summed E-state index contributed by atoms with van der Waals surface area (Å²) in [5.74, 6) is 0. The van der Waals surface area contributed by atoms with Crippen molar-refractivity contribution in [3.05, 3.63) is 53.1 Å². The molecular weight excluding hydrogens is 168 g/mol. The van der Waals surface area contributed by atoms with Gasteiger partial charge in [-0.25, -0.2) is 0 Å². The smallest absolute Gasteiger partial charge is 0.0222 e. The molecule has 1 aromatic carbocycles. The molecule has 0 N–H and O–H groups in total. The molecule has 0 saturated heterocycles. The van der Waals surface area contributed by atoms with Gasteiger partial charge in [0.25, 0.3) is 0 Å². The predicted molar refractivity (Wildman–Crippen MR) is 64.4 cm³/mol. The average Bonchev–Trinajstić information content (AvgIpc) is 2.19. The van der Waals surface area contributed by atoms with E-state index < -0.39 is 0 Å². The lowest BCUT2D eigenvalue weighted by Gasteiger charge is -2.03. The molecule has 1 aromatic rings. The lowest BCUT2D eigenvalue weighted by Crippen LogP contribution is -1.84. The van der Waals surface area contributed by atoms with Crippen LogP contribution in [-0.4, -0.2) is 0 Å². The summed E-state index contributed by atoms with van der Waals surface area (Å²) in [7, 11) is 0. The first kappa shape index (κ1) is 10.8. The Balaban J connectivity index is 3.12. The van der Waals surface area contributed by atoms with E-state index in [9.17, 15) is 0 Å². The molecule has 0 heterocycles. The highest BCUT2D eigenvalue weighted by Crippen LogP contribution is 2.16. The van der Waals surface area contributed by atoms with Crippen LogP contribution in [0.4, 0.5) is 0 Å². The highest BCUT2D eigenvalue weighted by atomic mass is 14.0. The van der Waals surface area contributed by atoms with Crippen LogP contribution >= 0.6 is 0 Å². The summed E-state index contributed by atoms with van der Waals surface area (Å²) in [6, 6.07) is 6.53. The lowest BCUT2D eigenvalue weighted by molar-refractivity contribution is 1.16. The number of aryl methyl sites for hydroxylation is 2. The molecule has 14 heavy (non-hydrogen) atoms. The molecule has 0 aromatic heterocycles. The van der Waals surface area contributed by atoms with E-state index in [1.54, 1.807) is 0 Å². The second kappa shape index (κ2) is 4.80. The topological polar surface area (TPSA) is 0 Å². The Bertz CT molecular complexity index is 356. The summed E-state index contributed by atoms with van der Waals surface area (Å²) in [6.07, 6.45) is 5.19. The monoisotopic (exact) mass is 186 g/mol. The maximum Gasteiger partial charge on any atom is -0.0222 e. The van der Waals surface area contributed by atoms with Gasteiger partial charge in [0.2, 0.25) is 0 Å².